The predicted octanol–water partition coefficient (Wildman–Crippen LogP) is 4.43. The molecule has 2 heterocycles. The molecule has 2 aromatic carbocycles. The van der Waals surface area contributed by atoms with E-state index in [1.165, 1.54) is 19.3 Å². The highest BCUT2D eigenvalue weighted by molar-refractivity contribution is 5.92. The quantitative estimate of drug-likeness (QED) is 0.399. The molecule has 1 amide bonds. The normalized spacial score (nSPS) is 16.8. The molecule has 0 atom stereocenters. The van der Waals surface area contributed by atoms with Crippen LogP contribution in [0.1, 0.15) is 53.7 Å². The van der Waals surface area contributed by atoms with E-state index in [1.807, 2.05) is 30.3 Å². The first kappa shape index (κ1) is 21.9. The third-order valence-corrected chi connectivity index (χ3v) is 7.25. The van der Waals surface area contributed by atoms with Gasteiger partial charge in [-0.15, -0.1) is 0 Å². The maximum atomic E-state index is 12.2. The molecule has 2 fully saturated rings. The van der Waals surface area contributed by atoms with Crippen LogP contribution in [-0.2, 0) is 16.9 Å². The Morgan fingerprint density at radius 3 is 2.43 bits per heavy atom. The lowest BCUT2D eigenvalue weighted by Crippen LogP contribution is -2.43. The van der Waals surface area contributed by atoms with Crippen molar-refractivity contribution in [1.29, 1.82) is 0 Å². The summed E-state index contributed by atoms with van der Waals surface area (Å²) in [5, 5.41) is 4.60. The second kappa shape index (κ2) is 8.59. The number of imidazole rings is 1. The van der Waals surface area contributed by atoms with Crippen LogP contribution in [0.15, 0.2) is 60.7 Å². The molecule has 2 aliphatic rings. The minimum Gasteiger partial charge on any atom is -0.376 e. The van der Waals surface area contributed by atoms with Crippen molar-refractivity contribution in [2.75, 3.05) is 6.61 Å². The number of amides is 1. The van der Waals surface area contributed by atoms with Gasteiger partial charge in [-0.25, -0.2) is 9.50 Å². The van der Waals surface area contributed by atoms with Gasteiger partial charge in [0.25, 0.3) is 5.91 Å². The summed E-state index contributed by atoms with van der Waals surface area (Å²) in [5.74, 6) is 0.0568. The van der Waals surface area contributed by atoms with Crippen LogP contribution in [0.4, 0.5) is 0 Å². The average molecular weight is 468 g/mol. The van der Waals surface area contributed by atoms with Crippen LogP contribution in [0.25, 0.3) is 28.2 Å². The van der Waals surface area contributed by atoms with Gasteiger partial charge < -0.3 is 16.2 Å². The fourth-order valence-electron chi connectivity index (χ4n) is 4.79. The second-order valence-corrected chi connectivity index (χ2v) is 9.88. The Morgan fingerprint density at radius 2 is 1.80 bits per heavy atom. The number of primary amides is 1. The Balaban J connectivity index is 1.50. The number of carbonyl (C=O) groups is 1. The first-order chi connectivity index (χ1) is 17.0. The largest absolute Gasteiger partial charge is 0.376 e. The van der Waals surface area contributed by atoms with E-state index < -0.39 is 5.91 Å². The molecule has 0 saturated heterocycles. The van der Waals surface area contributed by atoms with Crippen LogP contribution in [0.5, 0.6) is 0 Å². The second-order valence-electron chi connectivity index (χ2n) is 9.88. The van der Waals surface area contributed by atoms with Crippen molar-refractivity contribution < 1.29 is 9.53 Å². The lowest BCUT2D eigenvalue weighted by Gasteiger charge is -2.38. The Morgan fingerprint density at radius 1 is 1.06 bits per heavy atom. The summed E-state index contributed by atoms with van der Waals surface area (Å²) >= 11 is 0. The maximum absolute atomic E-state index is 12.2. The number of hydrogen-bond acceptors (Lipinski definition) is 5. The van der Waals surface area contributed by atoms with Crippen LogP contribution >= 0.6 is 0 Å². The van der Waals surface area contributed by atoms with Gasteiger partial charge >= 0.3 is 0 Å². The Kier molecular flexibility index (Phi) is 5.39. The number of carbonyl (C=O) groups excluding carboxylic acids is 1. The summed E-state index contributed by atoms with van der Waals surface area (Å²) in [6.45, 7) is 1.06. The van der Waals surface area contributed by atoms with Gasteiger partial charge in [-0.3, -0.25) is 4.79 Å². The third-order valence-electron chi connectivity index (χ3n) is 7.25. The number of nitrogens with zero attached hydrogens (tertiary/aromatic N) is 3. The fraction of sp³-hybridized carbons (Fsp3) is 0.321. The van der Waals surface area contributed by atoms with E-state index in [4.69, 9.17) is 21.2 Å². The lowest BCUT2D eigenvalue weighted by atomic mass is 9.72. The summed E-state index contributed by atoms with van der Waals surface area (Å²) in [4.78, 5) is 17.2. The molecule has 2 aromatic heterocycles. The molecule has 4 N–H and O–H groups in total. The highest BCUT2D eigenvalue weighted by Crippen LogP contribution is 2.40. The monoisotopic (exact) mass is 467 g/mol. The summed E-state index contributed by atoms with van der Waals surface area (Å²) < 4.78 is 7.71. The van der Waals surface area contributed by atoms with Gasteiger partial charge in [0.2, 0.25) is 0 Å². The SMILES string of the molecule is NC(=O)c1cc(COCC2CC2)c2nc(-c3ccc(C4(N)CCC4)cc3)c(-c3ccccc3)n2n1. The van der Waals surface area contributed by atoms with Gasteiger partial charge in [0.15, 0.2) is 5.65 Å². The molecule has 0 unspecified atom stereocenters. The van der Waals surface area contributed by atoms with Crippen molar-refractivity contribution in [3.05, 3.63) is 77.5 Å². The average Bonchev–Trinajstić information content (AvgIpc) is 3.60. The van der Waals surface area contributed by atoms with Gasteiger partial charge in [-0.05, 0) is 49.7 Å². The van der Waals surface area contributed by atoms with E-state index >= 15 is 0 Å². The van der Waals surface area contributed by atoms with Crippen molar-refractivity contribution in [2.45, 2.75) is 44.2 Å². The lowest BCUT2D eigenvalue weighted by molar-refractivity contribution is 0.0992. The molecule has 35 heavy (non-hydrogen) atoms. The van der Waals surface area contributed by atoms with Crippen LogP contribution in [0, 0.1) is 5.92 Å². The number of hydrogen-bond donors (Lipinski definition) is 2. The van der Waals surface area contributed by atoms with Crippen molar-refractivity contribution in [1.82, 2.24) is 14.6 Å². The van der Waals surface area contributed by atoms with E-state index in [0.29, 0.717) is 24.8 Å². The van der Waals surface area contributed by atoms with E-state index in [-0.39, 0.29) is 11.2 Å². The molecule has 178 valence electrons. The number of nitrogens with two attached hydrogens (primary N) is 2. The van der Waals surface area contributed by atoms with Crippen molar-refractivity contribution in [3.8, 4) is 22.5 Å². The minimum absolute atomic E-state index is 0.189. The number of ether oxygens (including phenoxy) is 1. The molecule has 0 bridgehead atoms. The zero-order valence-corrected chi connectivity index (χ0v) is 19.6. The fourth-order valence-corrected chi connectivity index (χ4v) is 4.79. The highest BCUT2D eigenvalue weighted by Gasteiger charge is 2.34. The zero-order chi connectivity index (χ0) is 24.0. The summed E-state index contributed by atoms with van der Waals surface area (Å²) in [5.41, 5.74) is 18.3. The molecule has 0 radical (unpaired) electrons. The van der Waals surface area contributed by atoms with E-state index in [9.17, 15) is 4.79 Å². The molecule has 0 spiro atoms. The van der Waals surface area contributed by atoms with Gasteiger partial charge in [0.1, 0.15) is 11.4 Å². The molecular weight excluding hydrogens is 438 g/mol. The maximum Gasteiger partial charge on any atom is 0.269 e. The Labute approximate surface area is 204 Å². The smallest absolute Gasteiger partial charge is 0.269 e. The topological polar surface area (TPSA) is 109 Å². The van der Waals surface area contributed by atoms with Crippen molar-refractivity contribution in [3.63, 3.8) is 0 Å². The summed E-state index contributed by atoms with van der Waals surface area (Å²) in [6, 6.07) is 20.0. The molecule has 6 rings (SSSR count). The molecular formula is C28H29N5O2. The molecule has 7 heteroatoms. The van der Waals surface area contributed by atoms with Gasteiger partial charge in [-0.1, -0.05) is 54.6 Å². The highest BCUT2D eigenvalue weighted by atomic mass is 16.5. The van der Waals surface area contributed by atoms with Gasteiger partial charge in [0, 0.05) is 28.8 Å². The predicted molar refractivity (Wildman–Crippen MR) is 134 cm³/mol. The molecule has 2 aliphatic carbocycles. The number of benzene rings is 2. The van der Waals surface area contributed by atoms with Crippen molar-refractivity contribution >= 4 is 11.6 Å². The van der Waals surface area contributed by atoms with E-state index in [2.05, 4.69) is 29.4 Å². The standard InChI is InChI=1S/C28H29N5O2/c29-26(34)23-15-21(17-35-16-18-7-8-18)27-31-24(25(33(27)32-23)20-5-2-1-3-6-20)19-9-11-22(12-10-19)28(30)13-4-14-28/h1-3,5-6,9-12,15,18H,4,7-8,13-14,16-17,30H2,(H2,29,34). The number of fused-ring (bicyclic) bond motifs is 1. The van der Waals surface area contributed by atoms with Crippen LogP contribution in [-0.4, -0.2) is 27.1 Å². The number of aromatic nitrogens is 3. The van der Waals surface area contributed by atoms with E-state index in [1.54, 1.807) is 10.6 Å². The van der Waals surface area contributed by atoms with Crippen LogP contribution in [0.3, 0.4) is 0 Å². The first-order valence-electron chi connectivity index (χ1n) is 12.3. The summed E-state index contributed by atoms with van der Waals surface area (Å²) in [6.07, 6.45) is 5.62. The van der Waals surface area contributed by atoms with Crippen molar-refractivity contribution in [2.24, 2.45) is 17.4 Å². The van der Waals surface area contributed by atoms with Crippen LogP contribution in [0.2, 0.25) is 0 Å². The zero-order valence-electron chi connectivity index (χ0n) is 19.6. The van der Waals surface area contributed by atoms with E-state index in [0.717, 1.165) is 46.5 Å². The van der Waals surface area contributed by atoms with Gasteiger partial charge in [-0.2, -0.15) is 5.10 Å². The minimum atomic E-state index is -0.581. The summed E-state index contributed by atoms with van der Waals surface area (Å²) in [7, 11) is 0. The van der Waals surface area contributed by atoms with Crippen LogP contribution < -0.4 is 11.5 Å². The molecule has 7 nitrogen and oxygen atoms in total. The molecule has 2 saturated carbocycles. The third kappa shape index (κ3) is 4.11. The Bertz CT molecular complexity index is 1390. The Hall–Kier alpha value is -3.55. The first-order valence-corrected chi connectivity index (χ1v) is 12.3. The number of rotatable bonds is 8. The molecule has 4 aromatic rings. The van der Waals surface area contributed by atoms with Gasteiger partial charge in [0.05, 0.1) is 12.3 Å². The molecule has 0 aliphatic heterocycles.